The van der Waals surface area contributed by atoms with Crippen molar-refractivity contribution in [3.8, 4) is 11.4 Å². The third kappa shape index (κ3) is 4.75. The lowest BCUT2D eigenvalue weighted by Gasteiger charge is -2.30. The van der Waals surface area contributed by atoms with Crippen LogP contribution in [0.3, 0.4) is 0 Å². The summed E-state index contributed by atoms with van der Waals surface area (Å²) in [5.41, 5.74) is 1.20. The summed E-state index contributed by atoms with van der Waals surface area (Å²) in [6.07, 6.45) is 6.79. The van der Waals surface area contributed by atoms with Crippen molar-refractivity contribution in [1.82, 2.24) is 19.7 Å². The van der Waals surface area contributed by atoms with Crippen molar-refractivity contribution in [2.75, 3.05) is 38.6 Å². The maximum atomic E-state index is 5.45. The second-order valence-corrected chi connectivity index (χ2v) is 9.47. The first-order chi connectivity index (χ1) is 13.3. The molecule has 2 fully saturated rings. The first kappa shape index (κ1) is 19.4. The zero-order chi connectivity index (χ0) is 18.5. The van der Waals surface area contributed by atoms with E-state index in [4.69, 9.17) is 4.74 Å². The van der Waals surface area contributed by atoms with Crippen LogP contribution in [-0.2, 0) is 4.74 Å². The number of ether oxygens (including phenoxy) is 1. The molecule has 0 bridgehead atoms. The van der Waals surface area contributed by atoms with E-state index in [1.165, 1.54) is 37.7 Å². The highest BCUT2D eigenvalue weighted by Crippen LogP contribution is 2.37. The van der Waals surface area contributed by atoms with Gasteiger partial charge in [-0.15, -0.1) is 10.2 Å². The summed E-state index contributed by atoms with van der Waals surface area (Å²) in [4.78, 5) is 2.49. The summed E-state index contributed by atoms with van der Waals surface area (Å²) in [5.74, 6) is 2.84. The van der Waals surface area contributed by atoms with Gasteiger partial charge in [0.05, 0.1) is 13.2 Å². The molecule has 1 aliphatic carbocycles. The van der Waals surface area contributed by atoms with Gasteiger partial charge in [0.1, 0.15) is 0 Å². The summed E-state index contributed by atoms with van der Waals surface area (Å²) in [7, 11) is 0. The molecule has 1 saturated heterocycles. The number of rotatable bonds is 7. The van der Waals surface area contributed by atoms with Crippen molar-refractivity contribution in [3.63, 3.8) is 0 Å². The Morgan fingerprint density at radius 3 is 2.78 bits per heavy atom. The van der Waals surface area contributed by atoms with Crippen LogP contribution >= 0.6 is 23.1 Å². The summed E-state index contributed by atoms with van der Waals surface area (Å²) >= 11 is 3.59. The molecule has 5 nitrogen and oxygen atoms in total. The van der Waals surface area contributed by atoms with E-state index in [2.05, 4.69) is 43.4 Å². The van der Waals surface area contributed by atoms with Crippen molar-refractivity contribution in [1.29, 1.82) is 0 Å². The average Bonchev–Trinajstić information content (AvgIpc) is 3.39. The van der Waals surface area contributed by atoms with Gasteiger partial charge in [0.2, 0.25) is 0 Å². The van der Waals surface area contributed by atoms with E-state index in [0.29, 0.717) is 6.04 Å². The SMILES string of the molecule is C[C@H](C1CCCCC1)n1c(SCCN2CCOCC2)nnc1-c1ccsc1. The van der Waals surface area contributed by atoms with E-state index in [1.807, 2.05) is 11.8 Å². The normalized spacial score (nSPS) is 20.8. The lowest BCUT2D eigenvalue weighted by molar-refractivity contribution is 0.0410. The molecule has 0 aromatic carbocycles. The van der Waals surface area contributed by atoms with Crippen molar-refractivity contribution < 1.29 is 4.74 Å². The van der Waals surface area contributed by atoms with Crippen LogP contribution in [0.4, 0.5) is 0 Å². The van der Waals surface area contributed by atoms with E-state index in [9.17, 15) is 0 Å². The largest absolute Gasteiger partial charge is 0.379 e. The van der Waals surface area contributed by atoms with E-state index >= 15 is 0 Å². The molecule has 7 heteroatoms. The molecule has 3 heterocycles. The highest BCUT2D eigenvalue weighted by atomic mass is 32.2. The zero-order valence-electron chi connectivity index (χ0n) is 16.2. The van der Waals surface area contributed by atoms with Gasteiger partial charge in [0, 0.05) is 42.4 Å². The molecule has 0 unspecified atom stereocenters. The lowest BCUT2D eigenvalue weighted by Crippen LogP contribution is -2.37. The maximum Gasteiger partial charge on any atom is 0.191 e. The molecule has 1 atom stereocenters. The van der Waals surface area contributed by atoms with Gasteiger partial charge in [-0.3, -0.25) is 9.47 Å². The van der Waals surface area contributed by atoms with Crippen LogP contribution in [0.5, 0.6) is 0 Å². The van der Waals surface area contributed by atoms with Gasteiger partial charge in [-0.2, -0.15) is 11.3 Å². The van der Waals surface area contributed by atoms with Gasteiger partial charge in [0.25, 0.3) is 0 Å². The van der Waals surface area contributed by atoms with E-state index in [1.54, 1.807) is 11.3 Å². The molecular formula is C20H30N4OS2. The highest BCUT2D eigenvalue weighted by Gasteiger charge is 2.27. The molecule has 1 saturated carbocycles. The van der Waals surface area contributed by atoms with Gasteiger partial charge in [0.15, 0.2) is 11.0 Å². The van der Waals surface area contributed by atoms with Crippen LogP contribution in [0.15, 0.2) is 22.0 Å². The number of aromatic nitrogens is 3. The van der Waals surface area contributed by atoms with E-state index in [0.717, 1.165) is 55.5 Å². The van der Waals surface area contributed by atoms with Gasteiger partial charge in [-0.1, -0.05) is 31.0 Å². The number of morpholine rings is 1. The second kappa shape index (κ2) is 9.54. The molecule has 2 aromatic heterocycles. The number of hydrogen-bond donors (Lipinski definition) is 0. The monoisotopic (exact) mass is 406 g/mol. The standard InChI is InChI=1S/C20H30N4OS2/c1-16(17-5-3-2-4-6-17)24-19(18-7-13-26-15-18)21-22-20(24)27-14-10-23-8-11-25-12-9-23/h7,13,15-17H,2-6,8-12,14H2,1H3/t16-/m1/s1. The Hall–Kier alpha value is -0.890. The Morgan fingerprint density at radius 1 is 1.22 bits per heavy atom. The van der Waals surface area contributed by atoms with Gasteiger partial charge in [-0.25, -0.2) is 0 Å². The summed E-state index contributed by atoms with van der Waals surface area (Å²) in [6.45, 7) is 7.29. The fourth-order valence-electron chi connectivity index (χ4n) is 4.25. The number of thioether (sulfide) groups is 1. The summed E-state index contributed by atoms with van der Waals surface area (Å²) in [5, 5.41) is 14.6. The number of thiophene rings is 1. The fraction of sp³-hybridized carbons (Fsp3) is 0.700. The first-order valence-electron chi connectivity index (χ1n) is 10.2. The molecule has 0 N–H and O–H groups in total. The molecule has 27 heavy (non-hydrogen) atoms. The van der Waals surface area contributed by atoms with Crippen LogP contribution in [-0.4, -0.2) is 58.3 Å². The predicted octanol–water partition coefficient (Wildman–Crippen LogP) is 4.57. The van der Waals surface area contributed by atoms with Crippen LogP contribution in [0, 0.1) is 5.92 Å². The third-order valence-corrected chi connectivity index (χ3v) is 7.53. The Morgan fingerprint density at radius 2 is 2.04 bits per heavy atom. The minimum absolute atomic E-state index is 0.459. The fourth-order valence-corrected chi connectivity index (χ4v) is 5.91. The van der Waals surface area contributed by atoms with Crippen LogP contribution in [0.1, 0.15) is 45.1 Å². The average molecular weight is 407 g/mol. The molecule has 2 aromatic rings. The molecular weight excluding hydrogens is 376 g/mol. The minimum atomic E-state index is 0.459. The van der Waals surface area contributed by atoms with Crippen molar-refractivity contribution in [2.24, 2.45) is 5.92 Å². The molecule has 0 spiro atoms. The molecule has 4 rings (SSSR count). The van der Waals surface area contributed by atoms with E-state index < -0.39 is 0 Å². The first-order valence-corrected chi connectivity index (χ1v) is 12.2. The van der Waals surface area contributed by atoms with Crippen LogP contribution in [0.25, 0.3) is 11.4 Å². The van der Waals surface area contributed by atoms with Crippen molar-refractivity contribution in [2.45, 2.75) is 50.2 Å². The maximum absolute atomic E-state index is 5.45. The lowest BCUT2D eigenvalue weighted by atomic mass is 9.84. The van der Waals surface area contributed by atoms with Gasteiger partial charge < -0.3 is 4.74 Å². The summed E-state index contributed by atoms with van der Waals surface area (Å²) in [6, 6.07) is 2.63. The van der Waals surface area contributed by atoms with Crippen LogP contribution in [0.2, 0.25) is 0 Å². The molecule has 0 radical (unpaired) electrons. The predicted molar refractivity (Wildman–Crippen MR) is 113 cm³/mol. The number of hydrogen-bond acceptors (Lipinski definition) is 6. The topological polar surface area (TPSA) is 43.2 Å². The molecule has 2 aliphatic rings. The second-order valence-electron chi connectivity index (χ2n) is 7.63. The van der Waals surface area contributed by atoms with Crippen molar-refractivity contribution >= 4 is 23.1 Å². The molecule has 148 valence electrons. The van der Waals surface area contributed by atoms with Gasteiger partial charge >= 0.3 is 0 Å². The van der Waals surface area contributed by atoms with Crippen molar-refractivity contribution in [3.05, 3.63) is 16.8 Å². The highest BCUT2D eigenvalue weighted by molar-refractivity contribution is 7.99. The number of nitrogens with zero attached hydrogens (tertiary/aromatic N) is 4. The van der Waals surface area contributed by atoms with Gasteiger partial charge in [-0.05, 0) is 37.1 Å². The Labute approximate surface area is 170 Å². The molecule has 1 aliphatic heterocycles. The zero-order valence-corrected chi connectivity index (χ0v) is 17.8. The van der Waals surface area contributed by atoms with Crippen LogP contribution < -0.4 is 0 Å². The Bertz CT molecular complexity index is 691. The third-order valence-electron chi connectivity index (χ3n) is 5.93. The Balaban J connectivity index is 1.49. The minimum Gasteiger partial charge on any atom is -0.379 e. The Kier molecular flexibility index (Phi) is 6.87. The van der Waals surface area contributed by atoms with E-state index in [-0.39, 0.29) is 0 Å². The molecule has 0 amide bonds. The quantitative estimate of drug-likeness (QED) is 0.630. The smallest absolute Gasteiger partial charge is 0.191 e. The summed E-state index contributed by atoms with van der Waals surface area (Å²) < 4.78 is 7.89.